The Labute approximate surface area is 130 Å². The van der Waals surface area contributed by atoms with Gasteiger partial charge in [0.05, 0.1) is 24.3 Å². The second-order valence-corrected chi connectivity index (χ2v) is 5.27. The molecule has 8 heteroatoms. The van der Waals surface area contributed by atoms with Gasteiger partial charge in [-0.05, 0) is 18.6 Å². The number of aryl methyl sites for hydroxylation is 1. The smallest absolute Gasteiger partial charge is 0.269 e. The highest BCUT2D eigenvalue weighted by Crippen LogP contribution is 2.12. The number of aromatic nitrogens is 2. The second-order valence-electron chi connectivity index (χ2n) is 4.30. The molecule has 0 saturated carbocycles. The Bertz CT molecular complexity index is 746. The molecule has 1 amide bonds. The number of aromatic amines is 1. The zero-order chi connectivity index (χ0) is 15.9. The lowest BCUT2D eigenvalue weighted by Crippen LogP contribution is -2.25. The van der Waals surface area contributed by atoms with Gasteiger partial charge in [-0.15, -0.1) is 0 Å². The van der Waals surface area contributed by atoms with Crippen LogP contribution < -0.4 is 10.9 Å². The molecule has 0 radical (unpaired) electrons. The van der Waals surface area contributed by atoms with Gasteiger partial charge in [0.2, 0.25) is 5.91 Å². The predicted molar refractivity (Wildman–Crippen MR) is 80.2 cm³/mol. The van der Waals surface area contributed by atoms with E-state index in [-0.39, 0.29) is 17.2 Å². The molecule has 7 nitrogen and oxygen atoms in total. The average molecular weight is 318 g/mol. The van der Waals surface area contributed by atoms with Gasteiger partial charge in [-0.1, -0.05) is 18.7 Å². The molecule has 2 heterocycles. The number of furan rings is 1. The summed E-state index contributed by atoms with van der Waals surface area (Å²) in [6.07, 6.45) is 2.01. The first-order valence-corrected chi connectivity index (χ1v) is 7.57. The molecule has 0 atom stereocenters. The number of hydrogen-bond acceptors (Lipinski definition) is 6. The number of amides is 1. The van der Waals surface area contributed by atoms with Crippen LogP contribution in [0.2, 0.25) is 0 Å². The van der Waals surface area contributed by atoms with E-state index in [2.05, 4.69) is 15.3 Å². The van der Waals surface area contributed by atoms with Crippen molar-refractivity contribution in [1.82, 2.24) is 15.3 Å². The largest absolute Gasteiger partial charge is 0.467 e. The van der Waals surface area contributed by atoms with Crippen molar-refractivity contribution in [2.45, 2.75) is 25.0 Å². The van der Waals surface area contributed by atoms with Crippen LogP contribution in [0.5, 0.6) is 0 Å². The van der Waals surface area contributed by atoms with Crippen molar-refractivity contribution in [3.05, 3.63) is 45.8 Å². The highest BCUT2D eigenvalue weighted by molar-refractivity contribution is 7.99. The van der Waals surface area contributed by atoms with Crippen LogP contribution in [-0.4, -0.2) is 21.6 Å². The Morgan fingerprint density at radius 1 is 1.59 bits per heavy atom. The first-order valence-electron chi connectivity index (χ1n) is 6.59. The Balaban J connectivity index is 1.94. The highest BCUT2D eigenvalue weighted by Gasteiger charge is 2.11. The minimum Gasteiger partial charge on any atom is -0.467 e. The average Bonchev–Trinajstić information content (AvgIpc) is 3.03. The van der Waals surface area contributed by atoms with Crippen LogP contribution >= 0.6 is 11.8 Å². The van der Waals surface area contributed by atoms with Crippen molar-refractivity contribution in [2.24, 2.45) is 0 Å². The SMILES string of the molecule is CCc1nc(SCC(=O)NCc2ccco2)[nH]c(=O)c1C#N. The minimum absolute atomic E-state index is 0.0223. The lowest BCUT2D eigenvalue weighted by Gasteiger charge is -2.05. The summed E-state index contributed by atoms with van der Waals surface area (Å²) in [5.41, 5.74) is -0.0216. The van der Waals surface area contributed by atoms with E-state index in [0.717, 1.165) is 11.8 Å². The number of H-pyrrole nitrogens is 1. The molecular formula is C14H14N4O3S. The van der Waals surface area contributed by atoms with E-state index in [4.69, 9.17) is 9.68 Å². The van der Waals surface area contributed by atoms with Gasteiger partial charge >= 0.3 is 0 Å². The fraction of sp³-hybridized carbons (Fsp3) is 0.286. The Hall–Kier alpha value is -2.53. The number of nitrogens with one attached hydrogen (secondary N) is 2. The summed E-state index contributed by atoms with van der Waals surface area (Å²) in [5, 5.41) is 11.9. The van der Waals surface area contributed by atoms with E-state index in [1.165, 1.54) is 6.26 Å². The van der Waals surface area contributed by atoms with E-state index in [1.54, 1.807) is 12.1 Å². The van der Waals surface area contributed by atoms with Crippen LogP contribution in [0.1, 0.15) is 23.9 Å². The van der Waals surface area contributed by atoms with Crippen LogP contribution in [-0.2, 0) is 17.8 Å². The molecule has 2 aromatic heterocycles. The van der Waals surface area contributed by atoms with Gasteiger partial charge in [0.15, 0.2) is 5.16 Å². The van der Waals surface area contributed by atoms with Gasteiger partial charge < -0.3 is 14.7 Å². The monoisotopic (exact) mass is 318 g/mol. The molecule has 2 aromatic rings. The lowest BCUT2D eigenvalue weighted by molar-refractivity contribution is -0.118. The summed E-state index contributed by atoms with van der Waals surface area (Å²) in [6, 6.07) is 5.35. The van der Waals surface area contributed by atoms with E-state index >= 15 is 0 Å². The summed E-state index contributed by atoms with van der Waals surface area (Å²) in [7, 11) is 0. The van der Waals surface area contributed by atoms with E-state index < -0.39 is 5.56 Å². The third kappa shape index (κ3) is 3.99. The maximum Gasteiger partial charge on any atom is 0.269 e. The van der Waals surface area contributed by atoms with Crippen molar-refractivity contribution in [3.63, 3.8) is 0 Å². The normalized spacial score (nSPS) is 10.2. The van der Waals surface area contributed by atoms with Crippen LogP contribution in [0.25, 0.3) is 0 Å². The number of nitriles is 1. The van der Waals surface area contributed by atoms with Crippen molar-refractivity contribution >= 4 is 17.7 Å². The van der Waals surface area contributed by atoms with Crippen LogP contribution in [0.3, 0.4) is 0 Å². The quantitative estimate of drug-likeness (QED) is 0.611. The maximum atomic E-state index is 11.7. The molecule has 0 aliphatic heterocycles. The Morgan fingerprint density at radius 2 is 2.41 bits per heavy atom. The summed E-state index contributed by atoms with van der Waals surface area (Å²) >= 11 is 1.11. The van der Waals surface area contributed by atoms with Gasteiger partial charge in [-0.3, -0.25) is 9.59 Å². The van der Waals surface area contributed by atoms with E-state index in [0.29, 0.717) is 29.6 Å². The topological polar surface area (TPSA) is 112 Å². The van der Waals surface area contributed by atoms with Crippen molar-refractivity contribution in [3.8, 4) is 6.07 Å². The molecule has 2 rings (SSSR count). The predicted octanol–water partition coefficient (Wildman–Crippen LogP) is 1.21. The number of nitrogens with zero attached hydrogens (tertiary/aromatic N) is 2. The number of hydrogen-bond donors (Lipinski definition) is 2. The minimum atomic E-state index is -0.479. The zero-order valence-corrected chi connectivity index (χ0v) is 12.7. The highest BCUT2D eigenvalue weighted by atomic mass is 32.2. The molecule has 0 aromatic carbocycles. The van der Waals surface area contributed by atoms with Crippen LogP contribution in [0.15, 0.2) is 32.8 Å². The Morgan fingerprint density at radius 3 is 3.05 bits per heavy atom. The fourth-order valence-corrected chi connectivity index (χ4v) is 2.43. The molecule has 0 bridgehead atoms. The zero-order valence-electron chi connectivity index (χ0n) is 11.9. The Kier molecular flexibility index (Phi) is 5.38. The standard InChI is InChI=1S/C14H14N4O3S/c1-2-11-10(6-15)13(20)18-14(17-11)22-8-12(19)16-7-9-4-3-5-21-9/h3-5H,2,7-8H2,1H3,(H,16,19)(H,17,18,20). The first kappa shape index (κ1) is 15.9. The summed E-state index contributed by atoms with van der Waals surface area (Å²) < 4.78 is 5.11. The third-order valence-corrected chi connectivity index (χ3v) is 3.67. The molecule has 0 unspecified atom stereocenters. The summed E-state index contributed by atoms with van der Waals surface area (Å²) in [4.78, 5) is 30.2. The van der Waals surface area contributed by atoms with Gasteiger partial charge in [-0.25, -0.2) is 4.98 Å². The summed E-state index contributed by atoms with van der Waals surface area (Å²) in [6.45, 7) is 2.12. The number of rotatable bonds is 6. The van der Waals surface area contributed by atoms with Crippen molar-refractivity contribution in [2.75, 3.05) is 5.75 Å². The number of thioether (sulfide) groups is 1. The maximum absolute atomic E-state index is 11.7. The lowest BCUT2D eigenvalue weighted by atomic mass is 10.2. The fourth-order valence-electron chi connectivity index (χ4n) is 1.72. The molecule has 0 aliphatic rings. The van der Waals surface area contributed by atoms with Gasteiger partial charge in [0.25, 0.3) is 5.56 Å². The van der Waals surface area contributed by atoms with Crippen LogP contribution in [0.4, 0.5) is 0 Å². The second kappa shape index (κ2) is 7.47. The molecule has 0 saturated heterocycles. The van der Waals surface area contributed by atoms with E-state index in [1.807, 2.05) is 13.0 Å². The van der Waals surface area contributed by atoms with E-state index in [9.17, 15) is 9.59 Å². The molecular weight excluding hydrogens is 304 g/mol. The molecule has 0 aliphatic carbocycles. The third-order valence-electron chi connectivity index (χ3n) is 2.80. The van der Waals surface area contributed by atoms with Crippen molar-refractivity contribution < 1.29 is 9.21 Å². The van der Waals surface area contributed by atoms with Gasteiger partial charge in [0.1, 0.15) is 17.4 Å². The van der Waals surface area contributed by atoms with Gasteiger partial charge in [0, 0.05) is 0 Å². The van der Waals surface area contributed by atoms with Crippen molar-refractivity contribution in [1.29, 1.82) is 5.26 Å². The van der Waals surface area contributed by atoms with Crippen LogP contribution in [0, 0.1) is 11.3 Å². The molecule has 22 heavy (non-hydrogen) atoms. The summed E-state index contributed by atoms with van der Waals surface area (Å²) in [5.74, 6) is 0.571. The molecule has 114 valence electrons. The number of carbonyl (C=O) groups excluding carboxylic acids is 1. The van der Waals surface area contributed by atoms with Gasteiger partial charge in [-0.2, -0.15) is 5.26 Å². The molecule has 0 fully saturated rings. The molecule has 2 N–H and O–H groups in total. The number of carbonyl (C=O) groups is 1. The molecule has 0 spiro atoms. The first-order chi connectivity index (χ1) is 10.6.